The first kappa shape index (κ1) is 21.8. The Morgan fingerprint density at radius 3 is 1.18 bits per heavy atom. The third kappa shape index (κ3) is 19.8. The lowest BCUT2D eigenvalue weighted by molar-refractivity contribution is -0.0150. The fourth-order valence-corrected chi connectivity index (χ4v) is 1.43. The molecule has 0 amide bonds. The second kappa shape index (κ2) is 20.8. The van der Waals surface area contributed by atoms with Crippen LogP contribution >= 0.6 is 11.6 Å². The molecule has 0 saturated carbocycles. The van der Waals surface area contributed by atoms with E-state index in [0.717, 1.165) is 0 Å². The van der Waals surface area contributed by atoms with Gasteiger partial charge in [0, 0.05) is 5.88 Å². The molecule has 6 nitrogen and oxygen atoms in total. The summed E-state index contributed by atoms with van der Waals surface area (Å²) >= 11 is 5.46. The molecule has 0 aliphatic heterocycles. The standard InChI is InChI=1S/C15H29ClO6/c1-2-4-17-6-8-19-10-12-21-14-15-22-13-11-20-9-7-18-5-3-16/h2H,1,3-15H2. The number of alkyl halides is 1. The van der Waals surface area contributed by atoms with Crippen LogP contribution in [0.3, 0.4) is 0 Å². The summed E-state index contributed by atoms with van der Waals surface area (Å²) in [5.41, 5.74) is 0. The van der Waals surface area contributed by atoms with Gasteiger partial charge in [0.15, 0.2) is 0 Å². The van der Waals surface area contributed by atoms with Crippen LogP contribution in [0, 0.1) is 0 Å². The van der Waals surface area contributed by atoms with Crippen LogP contribution in [0.5, 0.6) is 0 Å². The summed E-state index contributed by atoms with van der Waals surface area (Å²) in [4.78, 5) is 0. The van der Waals surface area contributed by atoms with Gasteiger partial charge < -0.3 is 28.4 Å². The van der Waals surface area contributed by atoms with Gasteiger partial charge in [-0.3, -0.25) is 0 Å². The van der Waals surface area contributed by atoms with Crippen LogP contribution in [0.1, 0.15) is 0 Å². The van der Waals surface area contributed by atoms with E-state index in [1.807, 2.05) is 0 Å². The van der Waals surface area contributed by atoms with Crippen molar-refractivity contribution < 1.29 is 28.4 Å². The Morgan fingerprint density at radius 1 is 0.545 bits per heavy atom. The Morgan fingerprint density at radius 2 is 0.864 bits per heavy atom. The smallest absolute Gasteiger partial charge is 0.0704 e. The molecular weight excluding hydrogens is 312 g/mol. The van der Waals surface area contributed by atoms with Crippen molar-refractivity contribution in [2.45, 2.75) is 0 Å². The van der Waals surface area contributed by atoms with Crippen molar-refractivity contribution in [2.24, 2.45) is 0 Å². The highest BCUT2D eigenvalue weighted by molar-refractivity contribution is 6.17. The van der Waals surface area contributed by atoms with Gasteiger partial charge in [-0.05, 0) is 0 Å². The van der Waals surface area contributed by atoms with E-state index in [-0.39, 0.29) is 0 Å². The van der Waals surface area contributed by atoms with Crippen LogP contribution in [0.15, 0.2) is 12.7 Å². The third-order valence-corrected chi connectivity index (χ3v) is 2.47. The van der Waals surface area contributed by atoms with Crippen molar-refractivity contribution in [2.75, 3.05) is 85.2 Å². The average molecular weight is 341 g/mol. The molecule has 0 atom stereocenters. The van der Waals surface area contributed by atoms with Crippen LogP contribution in [0.4, 0.5) is 0 Å². The summed E-state index contributed by atoms with van der Waals surface area (Å²) < 4.78 is 31.7. The molecule has 0 rings (SSSR count). The summed E-state index contributed by atoms with van der Waals surface area (Å²) in [6, 6.07) is 0. The average Bonchev–Trinajstić information content (AvgIpc) is 2.54. The molecule has 0 aromatic heterocycles. The highest BCUT2D eigenvalue weighted by Gasteiger charge is 1.93. The Balaban J connectivity index is 2.92. The van der Waals surface area contributed by atoms with E-state index in [0.29, 0.717) is 85.2 Å². The zero-order valence-corrected chi connectivity index (χ0v) is 14.1. The molecule has 0 radical (unpaired) electrons. The number of hydrogen-bond acceptors (Lipinski definition) is 6. The molecule has 132 valence electrons. The summed E-state index contributed by atoms with van der Waals surface area (Å²) in [7, 11) is 0. The highest BCUT2D eigenvalue weighted by Crippen LogP contribution is 1.85. The summed E-state index contributed by atoms with van der Waals surface area (Å²) in [6.45, 7) is 10.3. The van der Waals surface area contributed by atoms with Gasteiger partial charge in [0.1, 0.15) is 0 Å². The quantitative estimate of drug-likeness (QED) is 0.202. The molecule has 0 spiro atoms. The Kier molecular flexibility index (Phi) is 20.6. The molecule has 0 aliphatic carbocycles. The molecule has 0 aliphatic rings. The number of rotatable bonds is 19. The van der Waals surface area contributed by atoms with Gasteiger partial charge in [-0.2, -0.15) is 0 Å². The lowest BCUT2D eigenvalue weighted by Crippen LogP contribution is -2.14. The second-order valence-corrected chi connectivity index (χ2v) is 4.49. The Labute approximate surface area is 138 Å². The molecule has 0 fully saturated rings. The van der Waals surface area contributed by atoms with E-state index < -0.39 is 0 Å². The summed E-state index contributed by atoms with van der Waals surface area (Å²) in [5.74, 6) is 0.511. The molecule has 0 N–H and O–H groups in total. The first-order chi connectivity index (χ1) is 10.9. The van der Waals surface area contributed by atoms with Gasteiger partial charge >= 0.3 is 0 Å². The molecule has 0 unspecified atom stereocenters. The molecule has 0 aromatic rings. The maximum atomic E-state index is 5.46. The van der Waals surface area contributed by atoms with E-state index in [2.05, 4.69) is 6.58 Å². The van der Waals surface area contributed by atoms with Crippen molar-refractivity contribution in [3.05, 3.63) is 12.7 Å². The van der Waals surface area contributed by atoms with Gasteiger partial charge in [-0.25, -0.2) is 0 Å². The monoisotopic (exact) mass is 340 g/mol. The molecule has 0 aromatic carbocycles. The lowest BCUT2D eigenvalue weighted by Gasteiger charge is -2.07. The van der Waals surface area contributed by atoms with Gasteiger partial charge in [0.05, 0.1) is 79.3 Å². The van der Waals surface area contributed by atoms with Crippen LogP contribution in [0.2, 0.25) is 0 Å². The van der Waals surface area contributed by atoms with Gasteiger partial charge in [0.2, 0.25) is 0 Å². The first-order valence-electron chi connectivity index (χ1n) is 7.55. The molecule has 22 heavy (non-hydrogen) atoms. The molecular formula is C15H29ClO6. The zero-order valence-electron chi connectivity index (χ0n) is 13.3. The van der Waals surface area contributed by atoms with Crippen LogP contribution < -0.4 is 0 Å². The largest absolute Gasteiger partial charge is 0.378 e. The maximum Gasteiger partial charge on any atom is 0.0704 e. The number of hydrogen-bond donors (Lipinski definition) is 0. The normalized spacial score (nSPS) is 11.0. The van der Waals surface area contributed by atoms with Gasteiger partial charge in [-0.15, -0.1) is 18.2 Å². The van der Waals surface area contributed by atoms with E-state index in [1.54, 1.807) is 6.08 Å². The van der Waals surface area contributed by atoms with E-state index in [4.69, 9.17) is 40.0 Å². The minimum absolute atomic E-state index is 0.511. The minimum atomic E-state index is 0.511. The minimum Gasteiger partial charge on any atom is -0.378 e. The maximum absolute atomic E-state index is 5.46. The van der Waals surface area contributed by atoms with Gasteiger partial charge in [0.25, 0.3) is 0 Å². The van der Waals surface area contributed by atoms with Crippen molar-refractivity contribution in [3.63, 3.8) is 0 Å². The van der Waals surface area contributed by atoms with Crippen LogP contribution in [0.25, 0.3) is 0 Å². The second-order valence-electron chi connectivity index (χ2n) is 4.11. The van der Waals surface area contributed by atoms with Crippen LogP contribution in [-0.4, -0.2) is 85.2 Å². The topological polar surface area (TPSA) is 55.4 Å². The zero-order chi connectivity index (χ0) is 16.1. The first-order valence-corrected chi connectivity index (χ1v) is 8.08. The molecule has 0 saturated heterocycles. The fraction of sp³-hybridized carbons (Fsp3) is 0.867. The van der Waals surface area contributed by atoms with E-state index in [1.165, 1.54) is 0 Å². The third-order valence-electron chi connectivity index (χ3n) is 2.32. The van der Waals surface area contributed by atoms with Crippen molar-refractivity contribution in [1.82, 2.24) is 0 Å². The summed E-state index contributed by atoms with van der Waals surface area (Å²) in [6.07, 6.45) is 1.71. The van der Waals surface area contributed by atoms with Crippen molar-refractivity contribution >= 4 is 11.6 Å². The molecule has 0 bridgehead atoms. The van der Waals surface area contributed by atoms with Crippen molar-refractivity contribution in [1.29, 1.82) is 0 Å². The summed E-state index contributed by atoms with van der Waals surface area (Å²) in [5, 5.41) is 0. The molecule has 0 heterocycles. The molecule has 7 heteroatoms. The predicted molar refractivity (Wildman–Crippen MR) is 85.8 cm³/mol. The Bertz CT molecular complexity index is 218. The SMILES string of the molecule is C=CCOCCOCCOCCOCCOCCOCCCl. The highest BCUT2D eigenvalue weighted by atomic mass is 35.5. The van der Waals surface area contributed by atoms with Gasteiger partial charge in [-0.1, -0.05) is 6.08 Å². The number of halogens is 1. The predicted octanol–water partition coefficient (Wildman–Crippen LogP) is 1.51. The Hall–Kier alpha value is -0.210. The van der Waals surface area contributed by atoms with E-state index >= 15 is 0 Å². The number of ether oxygens (including phenoxy) is 6. The lowest BCUT2D eigenvalue weighted by atomic mass is 10.6. The van der Waals surface area contributed by atoms with E-state index in [9.17, 15) is 0 Å². The van der Waals surface area contributed by atoms with Crippen LogP contribution in [-0.2, 0) is 28.4 Å². The fourth-order valence-electron chi connectivity index (χ4n) is 1.32. The van der Waals surface area contributed by atoms with Crippen molar-refractivity contribution in [3.8, 4) is 0 Å².